The molecule has 6 heteroatoms. The van der Waals surface area contributed by atoms with Gasteiger partial charge < -0.3 is 10.3 Å². The molecule has 23 heavy (non-hydrogen) atoms. The number of ether oxygens (including phenoxy) is 1. The van der Waals surface area contributed by atoms with Gasteiger partial charge in [-0.15, -0.1) is 0 Å². The van der Waals surface area contributed by atoms with Crippen LogP contribution in [0.2, 0.25) is 0 Å². The molecular formula is C17H20N2O4. The minimum atomic E-state index is -1.01. The maximum atomic E-state index is 12.0. The molecule has 0 saturated heterocycles. The number of carbonyl (C=O) groups is 3. The number of Topliss-reactive ketones (excluding diaryl/α,β-unsaturated/α-hetero) is 2. The Bertz CT molecular complexity index is 663. The van der Waals surface area contributed by atoms with Crippen LogP contribution in [0.1, 0.15) is 49.5 Å². The molecule has 0 radical (unpaired) electrons. The molecule has 0 aliphatic rings. The molecular weight excluding hydrogens is 296 g/mol. The Morgan fingerprint density at radius 1 is 1.09 bits per heavy atom. The molecule has 0 aliphatic carbocycles. The minimum absolute atomic E-state index is 0.0797. The van der Waals surface area contributed by atoms with Gasteiger partial charge in [-0.3, -0.25) is 9.59 Å². The fourth-order valence-corrected chi connectivity index (χ4v) is 1.77. The third-order valence-electron chi connectivity index (χ3n) is 2.91. The number of carbonyl (C=O) groups excluding carboxylic acids is 3. The van der Waals surface area contributed by atoms with Crippen LogP contribution in [0.15, 0.2) is 24.3 Å². The van der Waals surface area contributed by atoms with Gasteiger partial charge in [0.25, 0.3) is 5.78 Å². The summed E-state index contributed by atoms with van der Waals surface area (Å²) in [5, 5.41) is 0. The molecule has 0 unspecified atom stereocenters. The zero-order valence-corrected chi connectivity index (χ0v) is 13.8. The Morgan fingerprint density at radius 2 is 1.65 bits per heavy atom. The first-order valence-electron chi connectivity index (χ1n) is 7.22. The Morgan fingerprint density at radius 3 is 2.13 bits per heavy atom. The fraction of sp³-hybridized carbons (Fsp3) is 0.412. The number of benzene rings is 1. The van der Waals surface area contributed by atoms with Crippen LogP contribution in [0, 0.1) is 6.92 Å². The van der Waals surface area contributed by atoms with Crippen molar-refractivity contribution in [2.24, 2.45) is 0 Å². The predicted molar refractivity (Wildman–Crippen MR) is 84.2 cm³/mol. The quantitative estimate of drug-likeness (QED) is 0.201. The van der Waals surface area contributed by atoms with Crippen molar-refractivity contribution in [1.82, 2.24) is 0 Å². The second-order valence-electron chi connectivity index (χ2n) is 6.16. The zero-order chi connectivity index (χ0) is 17.6. The number of ketones is 2. The monoisotopic (exact) mass is 316 g/mol. The van der Waals surface area contributed by atoms with Crippen LogP contribution in [-0.4, -0.2) is 33.6 Å². The first-order valence-corrected chi connectivity index (χ1v) is 7.22. The molecule has 0 heterocycles. The summed E-state index contributed by atoms with van der Waals surface area (Å²) in [6.45, 7) is 6.80. The summed E-state index contributed by atoms with van der Waals surface area (Å²) in [4.78, 5) is 38.4. The van der Waals surface area contributed by atoms with Gasteiger partial charge in [0.2, 0.25) is 0 Å². The van der Waals surface area contributed by atoms with E-state index in [1.54, 1.807) is 45.0 Å². The number of esters is 1. The summed E-state index contributed by atoms with van der Waals surface area (Å²) < 4.78 is 4.98. The SMILES string of the molecule is Cc1ccc(C(=O)CCC(=O)C(=[N+]=[N-])C(=O)OC(C)(C)C)cc1. The smallest absolute Gasteiger partial charge is 0.441 e. The van der Waals surface area contributed by atoms with Gasteiger partial charge in [-0.25, -0.2) is 4.79 Å². The van der Waals surface area contributed by atoms with Crippen molar-refractivity contribution < 1.29 is 23.9 Å². The van der Waals surface area contributed by atoms with Crippen molar-refractivity contribution in [1.29, 1.82) is 0 Å². The zero-order valence-electron chi connectivity index (χ0n) is 13.8. The van der Waals surface area contributed by atoms with Gasteiger partial charge in [0.1, 0.15) is 5.60 Å². The van der Waals surface area contributed by atoms with E-state index in [4.69, 9.17) is 10.3 Å². The Kier molecular flexibility index (Phi) is 6.10. The van der Waals surface area contributed by atoms with Crippen molar-refractivity contribution in [2.75, 3.05) is 0 Å². The third-order valence-corrected chi connectivity index (χ3v) is 2.91. The van der Waals surface area contributed by atoms with Crippen LogP contribution in [0.25, 0.3) is 5.53 Å². The minimum Gasteiger partial charge on any atom is -0.451 e. The maximum Gasteiger partial charge on any atom is 0.441 e. The Labute approximate surface area is 135 Å². The number of hydrogen-bond acceptors (Lipinski definition) is 4. The highest BCUT2D eigenvalue weighted by molar-refractivity contribution is 6.62. The Hall–Kier alpha value is -2.59. The molecule has 0 N–H and O–H groups in total. The van der Waals surface area contributed by atoms with E-state index in [0.29, 0.717) is 5.56 Å². The average Bonchev–Trinajstić information content (AvgIpc) is 2.44. The van der Waals surface area contributed by atoms with E-state index in [1.165, 1.54) is 0 Å². The largest absolute Gasteiger partial charge is 0.451 e. The lowest BCUT2D eigenvalue weighted by molar-refractivity contribution is -0.152. The van der Waals surface area contributed by atoms with Crippen LogP contribution in [-0.2, 0) is 14.3 Å². The number of nitrogens with zero attached hydrogens (tertiary/aromatic N) is 2. The van der Waals surface area contributed by atoms with Crippen LogP contribution < -0.4 is 0 Å². The third kappa shape index (κ3) is 5.96. The summed E-state index contributed by atoms with van der Waals surface area (Å²) in [5.41, 5.74) is 8.86. The van der Waals surface area contributed by atoms with E-state index in [9.17, 15) is 14.4 Å². The van der Waals surface area contributed by atoms with Gasteiger partial charge in [0.05, 0.1) is 0 Å². The summed E-state index contributed by atoms with van der Waals surface area (Å²) in [6, 6.07) is 6.96. The molecule has 122 valence electrons. The molecule has 0 saturated carbocycles. The maximum absolute atomic E-state index is 12.0. The highest BCUT2D eigenvalue weighted by Gasteiger charge is 2.34. The summed E-state index contributed by atoms with van der Waals surface area (Å²) in [7, 11) is 0. The second kappa shape index (κ2) is 7.61. The highest BCUT2D eigenvalue weighted by Crippen LogP contribution is 2.10. The van der Waals surface area contributed by atoms with E-state index in [2.05, 4.69) is 4.79 Å². The molecule has 0 bridgehead atoms. The van der Waals surface area contributed by atoms with Crippen molar-refractivity contribution >= 4 is 23.2 Å². The molecule has 0 spiro atoms. The first-order chi connectivity index (χ1) is 10.6. The van der Waals surface area contributed by atoms with Crippen LogP contribution in [0.3, 0.4) is 0 Å². The Balaban J connectivity index is 2.67. The standard InChI is InChI=1S/C17H20N2O4/c1-11-5-7-12(8-6-11)13(20)9-10-14(21)15(19-18)16(22)23-17(2,3)4/h5-8H,9-10H2,1-4H3. The lowest BCUT2D eigenvalue weighted by Crippen LogP contribution is -2.34. The van der Waals surface area contributed by atoms with Crippen molar-refractivity contribution in [3.05, 3.63) is 40.9 Å². The normalized spacial score (nSPS) is 10.6. The highest BCUT2D eigenvalue weighted by atomic mass is 16.6. The van der Waals surface area contributed by atoms with Crippen molar-refractivity contribution in [2.45, 2.75) is 46.1 Å². The predicted octanol–water partition coefficient (Wildman–Crippen LogP) is 2.54. The summed E-state index contributed by atoms with van der Waals surface area (Å²) in [5.74, 6) is -1.96. The van der Waals surface area contributed by atoms with Crippen molar-refractivity contribution in [3.63, 3.8) is 0 Å². The van der Waals surface area contributed by atoms with Gasteiger partial charge in [0.15, 0.2) is 5.78 Å². The number of rotatable bonds is 6. The molecule has 0 aromatic heterocycles. The lowest BCUT2D eigenvalue weighted by atomic mass is 10.0. The second-order valence-corrected chi connectivity index (χ2v) is 6.16. The molecule has 0 amide bonds. The summed E-state index contributed by atoms with van der Waals surface area (Å²) in [6.07, 6.45) is -0.310. The molecule has 0 fully saturated rings. The van der Waals surface area contributed by atoms with Gasteiger partial charge in [-0.2, -0.15) is 4.79 Å². The van der Waals surface area contributed by atoms with Gasteiger partial charge in [-0.05, 0) is 27.7 Å². The van der Waals surface area contributed by atoms with E-state index in [1.807, 2.05) is 6.92 Å². The molecule has 0 atom stereocenters. The average molecular weight is 316 g/mol. The van der Waals surface area contributed by atoms with Crippen molar-refractivity contribution in [3.8, 4) is 0 Å². The lowest BCUT2D eigenvalue weighted by Gasteiger charge is -2.17. The van der Waals surface area contributed by atoms with E-state index >= 15 is 0 Å². The van der Waals surface area contributed by atoms with Crippen LogP contribution >= 0.6 is 0 Å². The van der Waals surface area contributed by atoms with Gasteiger partial charge >= 0.3 is 11.7 Å². The van der Waals surface area contributed by atoms with Gasteiger partial charge in [-0.1, -0.05) is 29.8 Å². The fourth-order valence-electron chi connectivity index (χ4n) is 1.77. The van der Waals surface area contributed by atoms with E-state index in [-0.39, 0.29) is 18.6 Å². The van der Waals surface area contributed by atoms with Gasteiger partial charge in [0, 0.05) is 18.4 Å². The van der Waals surface area contributed by atoms with Crippen LogP contribution in [0.4, 0.5) is 0 Å². The number of hydrogen-bond donors (Lipinski definition) is 0. The van der Waals surface area contributed by atoms with Crippen LogP contribution in [0.5, 0.6) is 0 Å². The molecule has 1 rings (SSSR count). The summed E-state index contributed by atoms with van der Waals surface area (Å²) >= 11 is 0. The topological polar surface area (TPSA) is 96.8 Å². The number of aryl methyl sites for hydroxylation is 1. The first kappa shape index (κ1) is 18.5. The molecule has 1 aromatic carbocycles. The molecule has 1 aromatic rings. The molecule has 6 nitrogen and oxygen atoms in total. The van der Waals surface area contributed by atoms with E-state index < -0.39 is 23.1 Å². The molecule has 0 aliphatic heterocycles. The van der Waals surface area contributed by atoms with E-state index in [0.717, 1.165) is 5.56 Å².